The molecule has 170 valence electrons. The number of methoxy groups -OCH3 is 3. The Bertz CT molecular complexity index is 1040. The zero-order chi connectivity index (χ0) is 23.2. The molecule has 0 fully saturated rings. The molecule has 2 aromatic rings. The molecule has 0 spiro atoms. The van der Waals surface area contributed by atoms with E-state index in [1.54, 1.807) is 26.0 Å². The van der Waals surface area contributed by atoms with E-state index in [9.17, 15) is 13.2 Å². The van der Waals surface area contributed by atoms with E-state index in [2.05, 4.69) is 5.32 Å². The molecule has 2 aromatic carbocycles. The first-order valence-corrected chi connectivity index (χ1v) is 11.4. The van der Waals surface area contributed by atoms with Gasteiger partial charge in [0.05, 0.1) is 36.8 Å². The molecule has 0 heterocycles. The highest BCUT2D eigenvalue weighted by molar-refractivity contribution is 7.89. The molecule has 8 nitrogen and oxygen atoms in total. The lowest BCUT2D eigenvalue weighted by Crippen LogP contribution is -2.31. The SMILES string of the molecule is CCN(CC)S(=O)(=O)c1ccc(Cl)c(C(=O)NCc2cc(OC)c(OC)cc2OC)c1. The van der Waals surface area contributed by atoms with Gasteiger partial charge in [-0.1, -0.05) is 25.4 Å². The van der Waals surface area contributed by atoms with Gasteiger partial charge in [0.25, 0.3) is 5.91 Å². The highest BCUT2D eigenvalue weighted by atomic mass is 35.5. The summed E-state index contributed by atoms with van der Waals surface area (Å²) in [6, 6.07) is 7.44. The molecule has 1 amide bonds. The Labute approximate surface area is 188 Å². The fourth-order valence-electron chi connectivity index (χ4n) is 3.05. The molecule has 1 N–H and O–H groups in total. The van der Waals surface area contributed by atoms with Crippen LogP contribution in [-0.2, 0) is 16.6 Å². The van der Waals surface area contributed by atoms with E-state index in [1.165, 1.54) is 43.8 Å². The molecule has 10 heteroatoms. The Morgan fingerprint density at radius 3 is 2.10 bits per heavy atom. The second-order valence-electron chi connectivity index (χ2n) is 6.43. The van der Waals surface area contributed by atoms with Crippen LogP contribution in [0.4, 0.5) is 0 Å². The van der Waals surface area contributed by atoms with Gasteiger partial charge in [-0.05, 0) is 24.3 Å². The average molecular weight is 471 g/mol. The normalized spacial score (nSPS) is 11.3. The van der Waals surface area contributed by atoms with Crippen LogP contribution >= 0.6 is 11.6 Å². The third-order valence-electron chi connectivity index (χ3n) is 4.75. The van der Waals surface area contributed by atoms with Crippen molar-refractivity contribution in [2.75, 3.05) is 34.4 Å². The highest BCUT2D eigenvalue weighted by Gasteiger charge is 2.24. The second-order valence-corrected chi connectivity index (χ2v) is 8.78. The van der Waals surface area contributed by atoms with Crippen LogP contribution in [0.25, 0.3) is 0 Å². The Balaban J connectivity index is 2.31. The van der Waals surface area contributed by atoms with Crippen molar-refractivity contribution in [1.29, 1.82) is 0 Å². The van der Waals surface area contributed by atoms with Gasteiger partial charge in [0, 0.05) is 31.3 Å². The van der Waals surface area contributed by atoms with Crippen LogP contribution in [0.15, 0.2) is 35.2 Å². The van der Waals surface area contributed by atoms with Crippen molar-refractivity contribution < 1.29 is 27.4 Å². The second kappa shape index (κ2) is 10.7. The monoisotopic (exact) mass is 470 g/mol. The zero-order valence-electron chi connectivity index (χ0n) is 18.2. The van der Waals surface area contributed by atoms with Gasteiger partial charge >= 0.3 is 0 Å². The third kappa shape index (κ3) is 5.41. The Kier molecular flexibility index (Phi) is 8.55. The van der Waals surface area contributed by atoms with E-state index < -0.39 is 15.9 Å². The number of benzene rings is 2. The molecular formula is C21H27ClN2O6S. The largest absolute Gasteiger partial charge is 0.496 e. The van der Waals surface area contributed by atoms with Crippen LogP contribution in [-0.4, -0.2) is 53.0 Å². The minimum Gasteiger partial charge on any atom is -0.496 e. The van der Waals surface area contributed by atoms with E-state index >= 15 is 0 Å². The standard InChI is InChI=1S/C21H27ClN2O6S/c1-6-24(7-2)31(26,27)15-8-9-17(22)16(11-15)21(25)23-13-14-10-19(29-4)20(30-5)12-18(14)28-3/h8-12H,6-7,13H2,1-5H3,(H,23,25). The van der Waals surface area contributed by atoms with E-state index in [4.69, 9.17) is 25.8 Å². The Morgan fingerprint density at radius 1 is 0.968 bits per heavy atom. The summed E-state index contributed by atoms with van der Waals surface area (Å²) in [5, 5.41) is 2.90. The molecule has 0 aliphatic carbocycles. The summed E-state index contributed by atoms with van der Waals surface area (Å²) >= 11 is 6.19. The third-order valence-corrected chi connectivity index (χ3v) is 7.13. The van der Waals surface area contributed by atoms with Gasteiger partial charge in [-0.3, -0.25) is 4.79 Å². The van der Waals surface area contributed by atoms with Gasteiger partial charge in [0.1, 0.15) is 5.75 Å². The maximum Gasteiger partial charge on any atom is 0.253 e. The predicted molar refractivity (Wildman–Crippen MR) is 119 cm³/mol. The number of rotatable bonds is 10. The summed E-state index contributed by atoms with van der Waals surface area (Å²) in [7, 11) is 0.803. The average Bonchev–Trinajstić information content (AvgIpc) is 2.77. The maximum absolute atomic E-state index is 12.8. The summed E-state index contributed by atoms with van der Waals surface area (Å²) in [6.45, 7) is 4.25. The lowest BCUT2D eigenvalue weighted by Gasteiger charge is -2.19. The van der Waals surface area contributed by atoms with Gasteiger partial charge in [-0.15, -0.1) is 0 Å². The molecule has 0 aliphatic heterocycles. The minimum atomic E-state index is -3.72. The van der Waals surface area contributed by atoms with Crippen LogP contribution in [0.3, 0.4) is 0 Å². The summed E-state index contributed by atoms with van der Waals surface area (Å²) in [5.41, 5.74) is 0.714. The first-order chi connectivity index (χ1) is 14.7. The zero-order valence-corrected chi connectivity index (χ0v) is 19.8. The lowest BCUT2D eigenvalue weighted by molar-refractivity contribution is 0.0950. The van der Waals surface area contributed by atoms with Crippen molar-refractivity contribution in [1.82, 2.24) is 9.62 Å². The van der Waals surface area contributed by atoms with Crippen molar-refractivity contribution in [3.05, 3.63) is 46.5 Å². The summed E-state index contributed by atoms with van der Waals surface area (Å²) in [4.78, 5) is 12.8. The number of hydrogen-bond acceptors (Lipinski definition) is 6. The van der Waals surface area contributed by atoms with Crippen LogP contribution < -0.4 is 19.5 Å². The van der Waals surface area contributed by atoms with Gasteiger partial charge in [0.15, 0.2) is 11.5 Å². The van der Waals surface area contributed by atoms with Crippen LogP contribution in [0.1, 0.15) is 29.8 Å². The van der Waals surface area contributed by atoms with Crippen LogP contribution in [0.5, 0.6) is 17.2 Å². The van der Waals surface area contributed by atoms with Gasteiger partial charge in [-0.25, -0.2) is 8.42 Å². The molecule has 0 unspecified atom stereocenters. The van der Waals surface area contributed by atoms with E-state index in [0.29, 0.717) is 35.9 Å². The molecule has 0 aromatic heterocycles. The molecule has 2 rings (SSSR count). The fraction of sp³-hybridized carbons (Fsp3) is 0.381. The molecule has 0 bridgehead atoms. The maximum atomic E-state index is 12.8. The molecule has 0 atom stereocenters. The first kappa shape index (κ1) is 24.8. The highest BCUT2D eigenvalue weighted by Crippen LogP contribution is 2.34. The van der Waals surface area contributed by atoms with Crippen molar-refractivity contribution >= 4 is 27.5 Å². The number of sulfonamides is 1. The molecule has 0 aliphatic rings. The van der Waals surface area contributed by atoms with Crippen molar-refractivity contribution in [3.63, 3.8) is 0 Å². The molecule has 31 heavy (non-hydrogen) atoms. The van der Waals surface area contributed by atoms with Gasteiger partial charge in [0.2, 0.25) is 10.0 Å². The van der Waals surface area contributed by atoms with E-state index in [0.717, 1.165) is 0 Å². The topological polar surface area (TPSA) is 94.2 Å². The lowest BCUT2D eigenvalue weighted by atomic mass is 10.1. The number of nitrogens with zero attached hydrogens (tertiary/aromatic N) is 1. The fourth-order valence-corrected chi connectivity index (χ4v) is 4.74. The van der Waals surface area contributed by atoms with E-state index in [-0.39, 0.29) is 22.0 Å². The summed E-state index contributed by atoms with van der Waals surface area (Å²) in [5.74, 6) is 0.963. The van der Waals surface area contributed by atoms with Crippen LogP contribution in [0.2, 0.25) is 5.02 Å². The van der Waals surface area contributed by atoms with E-state index in [1.807, 2.05) is 0 Å². The van der Waals surface area contributed by atoms with Crippen molar-refractivity contribution in [2.24, 2.45) is 0 Å². The Morgan fingerprint density at radius 2 is 1.55 bits per heavy atom. The molecular weight excluding hydrogens is 444 g/mol. The van der Waals surface area contributed by atoms with Crippen LogP contribution in [0, 0.1) is 0 Å². The summed E-state index contributed by atoms with van der Waals surface area (Å²) < 4.78 is 42.8. The first-order valence-electron chi connectivity index (χ1n) is 9.60. The van der Waals surface area contributed by atoms with Gasteiger partial charge in [-0.2, -0.15) is 4.31 Å². The number of ether oxygens (including phenoxy) is 3. The Hall–Kier alpha value is -2.49. The number of carbonyl (C=O) groups excluding carboxylic acids is 1. The van der Waals surface area contributed by atoms with Crippen molar-refractivity contribution in [3.8, 4) is 17.2 Å². The predicted octanol–water partition coefficient (Wildman–Crippen LogP) is 3.33. The number of hydrogen-bond donors (Lipinski definition) is 1. The summed E-state index contributed by atoms with van der Waals surface area (Å²) in [6.07, 6.45) is 0. The number of carbonyl (C=O) groups is 1. The molecule has 0 radical (unpaired) electrons. The number of amides is 1. The van der Waals surface area contributed by atoms with Crippen molar-refractivity contribution in [2.45, 2.75) is 25.3 Å². The van der Waals surface area contributed by atoms with Gasteiger partial charge < -0.3 is 19.5 Å². The number of halogens is 1. The number of nitrogens with one attached hydrogen (secondary N) is 1. The quantitative estimate of drug-likeness (QED) is 0.572. The molecule has 0 saturated carbocycles. The molecule has 0 saturated heterocycles. The smallest absolute Gasteiger partial charge is 0.253 e. The minimum absolute atomic E-state index is 0.00875.